The van der Waals surface area contributed by atoms with E-state index >= 15 is 0 Å². The van der Waals surface area contributed by atoms with Crippen molar-refractivity contribution < 1.29 is 52.3 Å². The van der Waals surface area contributed by atoms with E-state index in [4.69, 9.17) is 88.7 Å². The number of ketones is 1. The van der Waals surface area contributed by atoms with Gasteiger partial charge < -0.3 is 93.0 Å². The van der Waals surface area contributed by atoms with E-state index in [1.807, 2.05) is 74.4 Å². The van der Waals surface area contributed by atoms with Crippen molar-refractivity contribution in [3.63, 3.8) is 0 Å². The van der Waals surface area contributed by atoms with Crippen LogP contribution >= 0.6 is 0 Å². The number of fused-ring (bicyclic) bond motifs is 4. The minimum atomic E-state index is -0.142. The normalized spacial score (nSPS) is 14.2. The molecule has 3 amide bonds. The lowest BCUT2D eigenvalue weighted by atomic mass is 10.1. The minimum absolute atomic E-state index is 0.0113. The third kappa shape index (κ3) is 24.9. The molecule has 0 spiro atoms. The van der Waals surface area contributed by atoms with Crippen molar-refractivity contribution in [2.75, 3.05) is 189 Å². The number of nitrogens with two attached hydrogens (primary N) is 1. The summed E-state index contributed by atoms with van der Waals surface area (Å²) in [5.41, 5.74) is 20.8. The number of morpholine rings is 4. The molecule has 0 atom stereocenters. The number of aromatic nitrogens is 18. The monoisotopic (exact) mass is 1800 g/mol. The van der Waals surface area contributed by atoms with Gasteiger partial charge in [-0.25, -0.2) is 49.8 Å². The molecule has 4 aliphatic heterocycles. The molecular formula is C93H125N27O11. The van der Waals surface area contributed by atoms with Crippen LogP contribution in [0.1, 0.15) is 143 Å². The summed E-state index contributed by atoms with van der Waals surface area (Å²) in [5.74, 6) is 4.45. The van der Waals surface area contributed by atoms with Gasteiger partial charge in [-0.1, -0.05) is 62.2 Å². The molecule has 38 nitrogen and oxygen atoms in total. The van der Waals surface area contributed by atoms with Gasteiger partial charge in [0.2, 0.25) is 53.4 Å². The van der Waals surface area contributed by atoms with E-state index < -0.39 is 0 Å². The molecule has 4 saturated heterocycles. The van der Waals surface area contributed by atoms with Crippen molar-refractivity contribution in [1.82, 2.24) is 104 Å². The molecule has 13 heterocycles. The number of imidazole rings is 4. The Morgan fingerprint density at radius 3 is 1.30 bits per heavy atom. The number of carbonyl (C=O) groups is 4. The Bertz CT molecular complexity index is 5720. The minimum Gasteiger partial charge on any atom is -0.486 e. The molecule has 0 saturated carbocycles. The van der Waals surface area contributed by atoms with E-state index in [0.717, 1.165) is 180 Å². The van der Waals surface area contributed by atoms with Gasteiger partial charge in [0.25, 0.3) is 0 Å². The highest BCUT2D eigenvalue weighted by atomic mass is 16.5. The second-order valence-corrected chi connectivity index (χ2v) is 32.8. The topological polar surface area (TPSA) is 411 Å². The Kier molecular flexibility index (Phi) is 34.6. The number of hydrogen-bond acceptors (Lipinski definition) is 31. The zero-order valence-corrected chi connectivity index (χ0v) is 77.5. The van der Waals surface area contributed by atoms with Gasteiger partial charge in [-0.3, -0.25) is 23.7 Å². The van der Waals surface area contributed by atoms with E-state index in [9.17, 15) is 19.2 Å². The predicted octanol–water partition coefficient (Wildman–Crippen LogP) is 10.6. The number of hydrogen-bond donors (Lipinski definition) is 4. The van der Waals surface area contributed by atoms with Gasteiger partial charge >= 0.3 is 0 Å². The van der Waals surface area contributed by atoms with Crippen molar-refractivity contribution in [2.24, 2.45) is 0 Å². The highest BCUT2D eigenvalue weighted by molar-refractivity contribution is 5.93. The Labute approximate surface area is 763 Å². The fraction of sp³-hybridized carbons (Fsp3) is 0.505. The maximum absolute atomic E-state index is 11.8. The number of amides is 3. The highest BCUT2D eigenvalue weighted by Gasteiger charge is 2.29. The number of carbonyl (C=O) groups excluding carboxylic acids is 4. The third-order valence-corrected chi connectivity index (χ3v) is 22.8. The maximum Gasteiger partial charge on any atom is 0.245 e. The molecule has 4 aliphatic rings. The number of Topliss-reactive ketones (excluding diaryl/α,β-unsaturated/α-hetero) is 1. The number of anilines is 6. The standard InChI is InChI=1S/C27H38N6O3.C22H32N10O2.C22H28N6O3.C22H27N5O3/c1-20(2)33-19-29-25-24(30-27(31-26(25)33)32-12-15-35-16-13-32)22-10-8-9-21(17-22)18-36-14-7-5-4-6-11-23(34)28-3;1-4-30(5-2)22-28-18-17(15-13-25-20(23)26-14-15)27-21(31-9-11-34-12-10-31)29-19(18)32(22)8-6-7-16(33)24-3;1-15(2)28-14-24-20-19(25-22(26-21(20)28)27-8-10-30-11-9-27)17-6-4-16(5-7-17)12-31-13-18(29)23-3;1-4-17(28)13-30-18-7-5-16(6-8-18)19-20-21(27(14-23-20)15(2)3)25-22(24-19)26-9-11-29-12-10-26/h8-10,17,19-20H,4-7,11-16,18H2,1-3H3,(H,28,34);13-14H,4-12H2,1-3H3,(H,24,33)(H2,23,25,26);4-7,14-15H,8-13H2,1-3H3,(H,23,29);5-8,14-15H,4,9-13H2,1-3H3. The quantitative estimate of drug-likeness (QED) is 0.0268. The molecule has 0 unspecified atom stereocenters. The number of nitrogens with zero attached hydrogens (tertiary/aromatic N) is 23. The average Bonchev–Trinajstić information content (AvgIpc) is 1.65. The molecule has 0 aliphatic carbocycles. The summed E-state index contributed by atoms with van der Waals surface area (Å²) < 4.78 is 47.3. The highest BCUT2D eigenvalue weighted by Crippen LogP contribution is 2.37. The van der Waals surface area contributed by atoms with E-state index in [-0.39, 0.29) is 60.8 Å². The Morgan fingerprint density at radius 2 is 0.855 bits per heavy atom. The smallest absolute Gasteiger partial charge is 0.245 e. The van der Waals surface area contributed by atoms with Crippen molar-refractivity contribution in [3.8, 4) is 50.8 Å². The summed E-state index contributed by atoms with van der Waals surface area (Å²) >= 11 is 0. The molecular weight excluding hydrogens is 1670 g/mol. The molecule has 4 fully saturated rings. The maximum atomic E-state index is 11.8. The first-order valence-electron chi connectivity index (χ1n) is 45.6. The average molecular weight is 1800 g/mol. The fourth-order valence-electron chi connectivity index (χ4n) is 15.2. The lowest BCUT2D eigenvalue weighted by molar-refractivity contribution is -0.125. The van der Waals surface area contributed by atoms with Gasteiger partial charge in [-0.05, 0) is 116 Å². The lowest BCUT2D eigenvalue weighted by Crippen LogP contribution is -2.37. The molecule has 0 radical (unpaired) electrons. The largest absolute Gasteiger partial charge is 0.486 e. The van der Waals surface area contributed by atoms with Crippen LogP contribution in [0.5, 0.6) is 5.75 Å². The fourth-order valence-corrected chi connectivity index (χ4v) is 15.2. The number of benzene rings is 3. The number of nitrogens with one attached hydrogen (secondary N) is 3. The van der Waals surface area contributed by atoms with Crippen LogP contribution in [0.4, 0.5) is 35.7 Å². The number of aryl methyl sites for hydroxylation is 1. The lowest BCUT2D eigenvalue weighted by Gasteiger charge is -2.27. The van der Waals surface area contributed by atoms with Gasteiger partial charge in [0.1, 0.15) is 63.8 Å². The van der Waals surface area contributed by atoms with Gasteiger partial charge in [-0.15, -0.1) is 0 Å². The van der Waals surface area contributed by atoms with E-state index in [0.29, 0.717) is 153 Å². The summed E-state index contributed by atoms with van der Waals surface area (Å²) in [6, 6.07) is 24.7. The summed E-state index contributed by atoms with van der Waals surface area (Å²) in [4.78, 5) is 123. The first-order valence-corrected chi connectivity index (χ1v) is 45.6. The molecule has 0 bridgehead atoms. The van der Waals surface area contributed by atoms with E-state index in [1.54, 1.807) is 33.5 Å². The molecule has 9 aromatic heterocycles. The summed E-state index contributed by atoms with van der Waals surface area (Å²) in [5, 5.41) is 7.89. The summed E-state index contributed by atoms with van der Waals surface area (Å²) in [6.07, 6.45) is 15.0. The molecule has 131 heavy (non-hydrogen) atoms. The Balaban J connectivity index is 0.000000149. The van der Waals surface area contributed by atoms with Crippen LogP contribution in [0.25, 0.3) is 89.7 Å². The van der Waals surface area contributed by atoms with Crippen molar-refractivity contribution in [2.45, 2.75) is 152 Å². The molecule has 698 valence electrons. The number of likely N-dealkylation sites (N-methyl/N-ethyl adjacent to an activating group) is 1. The second kappa shape index (κ2) is 47.3. The second-order valence-electron chi connectivity index (χ2n) is 32.8. The van der Waals surface area contributed by atoms with Gasteiger partial charge in [-0.2, -0.15) is 19.9 Å². The number of rotatable bonds is 35. The van der Waals surface area contributed by atoms with Gasteiger partial charge in [0.05, 0.1) is 85.1 Å². The van der Waals surface area contributed by atoms with Crippen molar-refractivity contribution in [1.29, 1.82) is 0 Å². The zero-order valence-electron chi connectivity index (χ0n) is 77.5. The number of nitrogen functional groups attached to an aromatic ring is 1. The zero-order chi connectivity index (χ0) is 92.3. The van der Waals surface area contributed by atoms with E-state index in [1.165, 1.54) is 0 Å². The van der Waals surface area contributed by atoms with Crippen LogP contribution in [-0.2, 0) is 67.4 Å². The first-order chi connectivity index (χ1) is 63.7. The van der Waals surface area contributed by atoms with Crippen LogP contribution in [0.3, 0.4) is 0 Å². The molecule has 3 aromatic carbocycles. The third-order valence-electron chi connectivity index (χ3n) is 22.8. The van der Waals surface area contributed by atoms with Crippen LogP contribution in [-0.4, -0.2) is 271 Å². The van der Waals surface area contributed by atoms with Crippen LogP contribution in [0, 0.1) is 0 Å². The number of ether oxygens (including phenoxy) is 7. The Morgan fingerprint density at radius 1 is 0.435 bits per heavy atom. The Hall–Kier alpha value is -12.6. The van der Waals surface area contributed by atoms with Crippen LogP contribution in [0.2, 0.25) is 0 Å². The molecule has 16 rings (SSSR count). The van der Waals surface area contributed by atoms with Gasteiger partial charge in [0.15, 0.2) is 28.4 Å². The summed E-state index contributed by atoms with van der Waals surface area (Å²) in [7, 11) is 4.92. The predicted molar refractivity (Wildman–Crippen MR) is 505 cm³/mol. The van der Waals surface area contributed by atoms with Crippen molar-refractivity contribution >= 4 is 104 Å². The summed E-state index contributed by atoms with van der Waals surface area (Å²) in [6.45, 7) is 34.0. The SMILES string of the molecule is CCC(=O)COc1ccc(-c2nc(N3CCOCC3)nc3c2ncn3C(C)C)cc1.CCN(CC)c1nc2c(-c3cnc(N)nc3)nc(N3CCOCC3)nc2n1CCCC(=O)NC.CNC(=O)CCCCCCOCc1cccc(-c2nc(N3CCOCC3)nc3c2ncn3C(C)C)c1.CNC(=O)COCc1ccc(-c2nc(N3CCOCC3)nc3c2ncn3C(C)C)cc1. The van der Waals surface area contributed by atoms with Crippen LogP contribution < -0.4 is 50.9 Å². The molecule has 5 N–H and O–H groups in total. The first kappa shape index (κ1) is 95.9. The van der Waals surface area contributed by atoms with E-state index in [2.05, 4.69) is 158 Å². The molecule has 38 heteroatoms. The molecule has 12 aromatic rings. The van der Waals surface area contributed by atoms with Crippen LogP contribution in [0.15, 0.2) is 104 Å². The number of unbranched alkanes of at least 4 members (excludes halogenated alkanes) is 3. The van der Waals surface area contributed by atoms with Crippen molar-refractivity contribution in [3.05, 3.63) is 115 Å². The van der Waals surface area contributed by atoms with Gasteiger partial charge in [0, 0.05) is 172 Å².